The van der Waals surface area contributed by atoms with Crippen LogP contribution in [0.2, 0.25) is 5.02 Å². The van der Waals surface area contributed by atoms with Crippen molar-refractivity contribution in [3.63, 3.8) is 0 Å². The van der Waals surface area contributed by atoms with Gasteiger partial charge in [-0.25, -0.2) is 0 Å². The van der Waals surface area contributed by atoms with Crippen molar-refractivity contribution in [2.45, 2.75) is 25.3 Å². The number of nitrogens with zero attached hydrogens (tertiary/aromatic N) is 1. The van der Waals surface area contributed by atoms with E-state index in [2.05, 4.69) is 10.2 Å². The van der Waals surface area contributed by atoms with Crippen molar-refractivity contribution in [2.75, 3.05) is 27.4 Å². The van der Waals surface area contributed by atoms with Gasteiger partial charge in [-0.05, 0) is 68.9 Å². The van der Waals surface area contributed by atoms with Crippen molar-refractivity contribution in [3.8, 4) is 11.5 Å². The van der Waals surface area contributed by atoms with Crippen LogP contribution in [0, 0.1) is 0 Å². The summed E-state index contributed by atoms with van der Waals surface area (Å²) in [5.74, 6) is 1.54. The molecule has 0 radical (unpaired) electrons. The summed E-state index contributed by atoms with van der Waals surface area (Å²) in [6.07, 6.45) is 1.92. The Morgan fingerprint density at radius 1 is 1.15 bits per heavy atom. The molecule has 1 atom stereocenters. The molecule has 0 saturated carbocycles. The van der Waals surface area contributed by atoms with E-state index in [4.69, 9.17) is 21.1 Å². The standard InChI is InChI=1S/C21H25ClN2O3/c1-24(2)12-11-18(16-5-7-17(22)8-6-16)23-21(25)10-4-15-3-9-19-20(13-15)27-14-26-19/h3,5-9,13,18H,4,10-12,14H2,1-2H3,(H,23,25). The summed E-state index contributed by atoms with van der Waals surface area (Å²) in [6.45, 7) is 1.14. The van der Waals surface area contributed by atoms with Crippen LogP contribution in [-0.2, 0) is 11.2 Å². The Morgan fingerprint density at radius 2 is 1.89 bits per heavy atom. The van der Waals surface area contributed by atoms with Crippen molar-refractivity contribution in [1.82, 2.24) is 10.2 Å². The largest absolute Gasteiger partial charge is 0.454 e. The van der Waals surface area contributed by atoms with E-state index in [9.17, 15) is 4.79 Å². The van der Waals surface area contributed by atoms with Gasteiger partial charge in [0.05, 0.1) is 6.04 Å². The zero-order valence-corrected chi connectivity index (χ0v) is 16.5. The van der Waals surface area contributed by atoms with E-state index in [0.717, 1.165) is 35.6 Å². The second-order valence-electron chi connectivity index (χ2n) is 6.95. The number of fused-ring (bicyclic) bond motifs is 1. The number of halogens is 1. The van der Waals surface area contributed by atoms with Crippen LogP contribution in [-0.4, -0.2) is 38.2 Å². The monoisotopic (exact) mass is 388 g/mol. The molecule has 1 aliphatic rings. The topological polar surface area (TPSA) is 50.8 Å². The molecule has 1 amide bonds. The third kappa shape index (κ3) is 5.62. The number of amides is 1. The molecule has 0 spiro atoms. The van der Waals surface area contributed by atoms with Gasteiger partial charge in [-0.15, -0.1) is 0 Å². The van der Waals surface area contributed by atoms with Gasteiger partial charge >= 0.3 is 0 Å². The number of rotatable bonds is 8. The summed E-state index contributed by atoms with van der Waals surface area (Å²) >= 11 is 5.99. The number of aryl methyl sites for hydroxylation is 1. The lowest BCUT2D eigenvalue weighted by atomic mass is 10.0. The molecule has 0 aliphatic carbocycles. The molecule has 2 aromatic carbocycles. The summed E-state index contributed by atoms with van der Waals surface area (Å²) in [7, 11) is 4.06. The second-order valence-corrected chi connectivity index (χ2v) is 7.39. The Bertz CT molecular complexity index is 777. The van der Waals surface area contributed by atoms with Gasteiger partial charge in [0, 0.05) is 11.4 Å². The van der Waals surface area contributed by atoms with E-state index in [0.29, 0.717) is 17.9 Å². The molecular formula is C21H25ClN2O3. The van der Waals surface area contributed by atoms with E-state index >= 15 is 0 Å². The van der Waals surface area contributed by atoms with Gasteiger partial charge in [0.15, 0.2) is 11.5 Å². The van der Waals surface area contributed by atoms with Crippen LogP contribution in [0.5, 0.6) is 11.5 Å². The minimum absolute atomic E-state index is 0.0334. The quantitative estimate of drug-likeness (QED) is 0.747. The molecule has 1 heterocycles. The molecule has 0 fully saturated rings. The average molecular weight is 389 g/mol. The normalized spacial score (nSPS) is 13.6. The first-order valence-corrected chi connectivity index (χ1v) is 9.47. The Kier molecular flexibility index (Phi) is 6.58. The first kappa shape index (κ1) is 19.5. The first-order valence-electron chi connectivity index (χ1n) is 9.09. The van der Waals surface area contributed by atoms with Crippen LogP contribution in [0.4, 0.5) is 0 Å². The molecule has 5 nitrogen and oxygen atoms in total. The van der Waals surface area contributed by atoms with Crippen molar-refractivity contribution in [2.24, 2.45) is 0 Å². The molecule has 2 aromatic rings. The highest BCUT2D eigenvalue weighted by Gasteiger charge is 2.16. The zero-order valence-electron chi connectivity index (χ0n) is 15.7. The molecule has 144 valence electrons. The first-order chi connectivity index (χ1) is 13.0. The molecule has 6 heteroatoms. The maximum atomic E-state index is 12.5. The number of carbonyl (C=O) groups excluding carboxylic acids is 1. The van der Waals surface area contributed by atoms with E-state index in [1.165, 1.54) is 0 Å². The molecule has 0 bridgehead atoms. The van der Waals surface area contributed by atoms with E-state index in [1.807, 2.05) is 56.6 Å². The highest BCUT2D eigenvalue weighted by Crippen LogP contribution is 2.32. The Balaban J connectivity index is 1.58. The zero-order chi connectivity index (χ0) is 19.2. The van der Waals surface area contributed by atoms with Crippen molar-refractivity contribution < 1.29 is 14.3 Å². The minimum Gasteiger partial charge on any atom is -0.454 e. The highest BCUT2D eigenvalue weighted by molar-refractivity contribution is 6.30. The summed E-state index contributed by atoms with van der Waals surface area (Å²) in [4.78, 5) is 14.7. The van der Waals surface area contributed by atoms with E-state index in [1.54, 1.807) is 0 Å². The number of ether oxygens (including phenoxy) is 2. The molecule has 3 rings (SSSR count). The predicted molar refractivity (Wildman–Crippen MR) is 106 cm³/mol. The van der Waals surface area contributed by atoms with Crippen molar-refractivity contribution in [3.05, 3.63) is 58.6 Å². The van der Waals surface area contributed by atoms with Gasteiger partial charge in [0.1, 0.15) is 0 Å². The van der Waals surface area contributed by atoms with Gasteiger partial charge in [-0.2, -0.15) is 0 Å². The van der Waals surface area contributed by atoms with Crippen LogP contribution < -0.4 is 14.8 Å². The Labute approximate surface area is 165 Å². The second kappa shape index (κ2) is 9.11. The molecule has 27 heavy (non-hydrogen) atoms. The lowest BCUT2D eigenvalue weighted by Gasteiger charge is -2.21. The Morgan fingerprint density at radius 3 is 2.63 bits per heavy atom. The number of carbonyl (C=O) groups is 1. The maximum absolute atomic E-state index is 12.5. The van der Waals surface area contributed by atoms with Crippen LogP contribution in [0.1, 0.15) is 30.0 Å². The smallest absolute Gasteiger partial charge is 0.231 e. The highest BCUT2D eigenvalue weighted by atomic mass is 35.5. The molecule has 0 aromatic heterocycles. The number of hydrogen-bond acceptors (Lipinski definition) is 4. The third-order valence-electron chi connectivity index (χ3n) is 4.55. The predicted octanol–water partition coefficient (Wildman–Crippen LogP) is 3.81. The summed E-state index contributed by atoms with van der Waals surface area (Å²) in [6, 6.07) is 13.4. The summed E-state index contributed by atoms with van der Waals surface area (Å²) < 4.78 is 10.7. The van der Waals surface area contributed by atoms with Gasteiger partial charge in [0.25, 0.3) is 0 Å². The van der Waals surface area contributed by atoms with Crippen LogP contribution in [0.25, 0.3) is 0 Å². The maximum Gasteiger partial charge on any atom is 0.231 e. The molecular weight excluding hydrogens is 364 g/mol. The van der Waals surface area contributed by atoms with Crippen LogP contribution in [0.3, 0.4) is 0 Å². The van der Waals surface area contributed by atoms with Gasteiger partial charge < -0.3 is 19.7 Å². The number of nitrogens with one attached hydrogen (secondary N) is 1. The number of hydrogen-bond donors (Lipinski definition) is 1. The minimum atomic E-state index is -0.0334. The van der Waals surface area contributed by atoms with Crippen LogP contribution in [0.15, 0.2) is 42.5 Å². The van der Waals surface area contributed by atoms with Crippen molar-refractivity contribution in [1.29, 1.82) is 0 Å². The fraction of sp³-hybridized carbons (Fsp3) is 0.381. The lowest BCUT2D eigenvalue weighted by molar-refractivity contribution is -0.121. The van der Waals surface area contributed by atoms with Gasteiger partial charge in [-0.3, -0.25) is 4.79 Å². The van der Waals surface area contributed by atoms with Crippen molar-refractivity contribution >= 4 is 17.5 Å². The molecule has 1 aliphatic heterocycles. The molecule has 0 saturated heterocycles. The fourth-order valence-corrected chi connectivity index (χ4v) is 3.15. The lowest BCUT2D eigenvalue weighted by Crippen LogP contribution is -2.31. The van der Waals surface area contributed by atoms with Gasteiger partial charge in [0.2, 0.25) is 12.7 Å². The van der Waals surface area contributed by atoms with Crippen LogP contribution >= 0.6 is 11.6 Å². The van der Waals surface area contributed by atoms with E-state index in [-0.39, 0.29) is 18.7 Å². The third-order valence-corrected chi connectivity index (χ3v) is 4.80. The summed E-state index contributed by atoms with van der Waals surface area (Å²) in [5.41, 5.74) is 2.13. The Hall–Kier alpha value is -2.24. The van der Waals surface area contributed by atoms with E-state index < -0.39 is 0 Å². The average Bonchev–Trinajstić information content (AvgIpc) is 3.12. The van der Waals surface area contributed by atoms with Gasteiger partial charge in [-0.1, -0.05) is 29.8 Å². The molecule has 1 unspecified atom stereocenters. The fourth-order valence-electron chi connectivity index (χ4n) is 3.03. The summed E-state index contributed by atoms with van der Waals surface area (Å²) in [5, 5.41) is 3.86. The SMILES string of the molecule is CN(C)CCC(NC(=O)CCc1ccc2c(c1)OCO2)c1ccc(Cl)cc1. The molecule has 1 N–H and O–H groups in total. The number of benzene rings is 2.